The van der Waals surface area contributed by atoms with Crippen molar-refractivity contribution in [3.8, 4) is 11.5 Å². The smallest absolute Gasteiger partial charge is 0.203 e. The molecule has 0 saturated heterocycles. The van der Waals surface area contributed by atoms with Gasteiger partial charge in [0.25, 0.3) is 0 Å². The molecule has 0 fully saturated rings. The Morgan fingerprint density at radius 1 is 0.889 bits per heavy atom. The minimum atomic E-state index is -0.491. The molecule has 2 aromatic carbocycles. The summed E-state index contributed by atoms with van der Waals surface area (Å²) in [7, 11) is 2.92. The number of hydrogen-bond donors (Lipinski definition) is 0. The van der Waals surface area contributed by atoms with Gasteiger partial charge in [-0.05, 0) is 40.3 Å². The first-order chi connectivity index (χ1) is 13.1. The van der Waals surface area contributed by atoms with Crippen molar-refractivity contribution in [3.05, 3.63) is 64.2 Å². The number of rotatable bonds is 4. The fourth-order valence-electron chi connectivity index (χ4n) is 3.15. The van der Waals surface area contributed by atoms with E-state index in [4.69, 9.17) is 9.47 Å². The van der Waals surface area contributed by atoms with E-state index in [1.165, 1.54) is 14.2 Å². The summed E-state index contributed by atoms with van der Waals surface area (Å²) in [6.07, 6.45) is 2.93. The lowest BCUT2D eigenvalue weighted by molar-refractivity contribution is 0.0974. The largest absolute Gasteiger partial charge is 0.496 e. The van der Waals surface area contributed by atoms with Crippen LogP contribution in [0.3, 0.4) is 0 Å². The minimum Gasteiger partial charge on any atom is -0.496 e. The van der Waals surface area contributed by atoms with Crippen LogP contribution in [0, 0.1) is 0 Å². The number of ether oxygens (including phenoxy) is 2. The van der Waals surface area contributed by atoms with Crippen molar-refractivity contribution in [1.82, 2.24) is 0 Å². The van der Waals surface area contributed by atoms with Crippen LogP contribution < -0.4 is 9.47 Å². The molecular weight excluding hydrogens is 348 g/mol. The van der Waals surface area contributed by atoms with Crippen molar-refractivity contribution in [2.75, 3.05) is 14.2 Å². The maximum atomic E-state index is 13.1. The van der Waals surface area contributed by atoms with Gasteiger partial charge in [-0.15, -0.1) is 10.2 Å². The van der Waals surface area contributed by atoms with Crippen LogP contribution in [0.15, 0.2) is 57.1 Å². The summed E-state index contributed by atoms with van der Waals surface area (Å²) in [6.45, 7) is 0. The molecule has 2 aromatic rings. The van der Waals surface area contributed by atoms with Gasteiger partial charge < -0.3 is 9.47 Å². The van der Waals surface area contributed by atoms with Crippen molar-refractivity contribution in [2.45, 2.75) is 6.17 Å². The van der Waals surface area contributed by atoms with Crippen LogP contribution >= 0.6 is 0 Å². The molecule has 0 bridgehead atoms. The normalized spacial score (nSPS) is 15.3. The van der Waals surface area contributed by atoms with E-state index in [1.54, 1.807) is 42.5 Å². The van der Waals surface area contributed by atoms with Crippen molar-refractivity contribution in [1.29, 1.82) is 0 Å². The van der Waals surface area contributed by atoms with Crippen LogP contribution in [0.2, 0.25) is 0 Å². The highest BCUT2D eigenvalue weighted by molar-refractivity contribution is 6.30. The number of ketones is 2. The Kier molecular flexibility index (Phi) is 4.08. The monoisotopic (exact) mass is 362 g/mol. The number of carbonyl (C=O) groups is 2. The Morgan fingerprint density at radius 2 is 1.59 bits per heavy atom. The number of carbonyl (C=O) groups excluding carboxylic acids is 2. The highest BCUT2D eigenvalue weighted by atomic mass is 16.5. The molecule has 4 rings (SSSR count). The molecule has 1 aliphatic heterocycles. The summed E-state index contributed by atoms with van der Waals surface area (Å²) in [5.41, 5.74) is 1.76. The molecule has 1 aliphatic carbocycles. The summed E-state index contributed by atoms with van der Waals surface area (Å²) < 4.78 is 10.7. The van der Waals surface area contributed by atoms with E-state index < -0.39 is 6.17 Å². The highest BCUT2D eigenvalue weighted by Crippen LogP contribution is 2.38. The summed E-state index contributed by atoms with van der Waals surface area (Å²) in [4.78, 5) is 26.2. The Balaban J connectivity index is 1.85. The van der Waals surface area contributed by atoms with E-state index >= 15 is 0 Å². The van der Waals surface area contributed by atoms with Crippen LogP contribution in [0.5, 0.6) is 11.5 Å². The van der Waals surface area contributed by atoms with E-state index in [-0.39, 0.29) is 28.3 Å². The van der Waals surface area contributed by atoms with Gasteiger partial charge in [0.2, 0.25) is 11.9 Å². The number of hydrogen-bond acceptors (Lipinski definition) is 8. The second-order valence-corrected chi connectivity index (χ2v) is 5.87. The number of benzene rings is 2. The molecule has 0 atom stereocenters. The standard InChI is InChI=1S/C19H14N4O4/c1-26-13-5-3-4-11-16(13)19(25)17-12(18(11)24)8-10(9-14(17)27-2)6-7-15-20-22-23-21-15/h3-9,15H,1-2H3. The van der Waals surface area contributed by atoms with E-state index in [9.17, 15) is 9.59 Å². The zero-order chi connectivity index (χ0) is 19.0. The van der Waals surface area contributed by atoms with Gasteiger partial charge in [-0.25, -0.2) is 0 Å². The topological polar surface area (TPSA) is 102 Å². The maximum absolute atomic E-state index is 13.1. The molecule has 0 unspecified atom stereocenters. The Bertz CT molecular complexity index is 1040. The van der Waals surface area contributed by atoms with Gasteiger partial charge in [0.1, 0.15) is 11.5 Å². The number of nitrogens with zero attached hydrogens (tertiary/aromatic N) is 4. The van der Waals surface area contributed by atoms with Crippen LogP contribution in [0.4, 0.5) is 0 Å². The average molecular weight is 362 g/mol. The first-order valence-electron chi connectivity index (χ1n) is 8.10. The maximum Gasteiger partial charge on any atom is 0.203 e. The van der Waals surface area contributed by atoms with Crippen molar-refractivity contribution in [2.24, 2.45) is 20.7 Å². The molecule has 8 nitrogen and oxygen atoms in total. The quantitative estimate of drug-likeness (QED) is 0.707. The van der Waals surface area contributed by atoms with Gasteiger partial charge in [0.15, 0.2) is 5.78 Å². The molecule has 0 amide bonds. The first kappa shape index (κ1) is 16.8. The van der Waals surface area contributed by atoms with Crippen molar-refractivity contribution >= 4 is 17.6 Å². The van der Waals surface area contributed by atoms with Gasteiger partial charge in [0.05, 0.1) is 25.3 Å². The first-order valence-corrected chi connectivity index (χ1v) is 8.10. The zero-order valence-corrected chi connectivity index (χ0v) is 14.5. The van der Waals surface area contributed by atoms with Crippen molar-refractivity contribution < 1.29 is 19.1 Å². The van der Waals surface area contributed by atoms with Gasteiger partial charge in [-0.3, -0.25) is 9.59 Å². The SMILES string of the molecule is COc1cccc2c1C(=O)c1c(OC)cc(C=CC3N=NN=N3)cc1C2=O. The molecule has 1 heterocycles. The molecule has 0 saturated carbocycles. The van der Waals surface area contributed by atoms with Crippen LogP contribution in [-0.4, -0.2) is 32.0 Å². The molecule has 0 N–H and O–H groups in total. The highest BCUT2D eigenvalue weighted by Gasteiger charge is 2.35. The summed E-state index contributed by atoms with van der Waals surface area (Å²) in [5, 5.41) is 14.5. The number of fused-ring (bicyclic) bond motifs is 2. The molecule has 8 heteroatoms. The number of methoxy groups -OCH3 is 2. The second kappa shape index (κ2) is 6.56. The van der Waals surface area contributed by atoms with E-state index in [0.29, 0.717) is 22.6 Å². The summed E-state index contributed by atoms with van der Waals surface area (Å²) in [5.74, 6) is 0.117. The fraction of sp³-hybridized carbons (Fsp3) is 0.158. The third-order valence-corrected chi connectivity index (χ3v) is 4.37. The van der Waals surface area contributed by atoms with Gasteiger partial charge in [0, 0.05) is 11.1 Å². The minimum absolute atomic E-state index is 0.233. The van der Waals surface area contributed by atoms with Crippen LogP contribution in [-0.2, 0) is 0 Å². The van der Waals surface area contributed by atoms with Crippen LogP contribution in [0.1, 0.15) is 37.4 Å². The van der Waals surface area contributed by atoms with Gasteiger partial charge >= 0.3 is 0 Å². The van der Waals surface area contributed by atoms with Crippen molar-refractivity contribution in [3.63, 3.8) is 0 Å². The summed E-state index contributed by atoms with van der Waals surface area (Å²) >= 11 is 0. The van der Waals surface area contributed by atoms with E-state index in [2.05, 4.69) is 20.7 Å². The lowest BCUT2D eigenvalue weighted by Gasteiger charge is -2.21. The predicted octanol–water partition coefficient (Wildman–Crippen LogP) is 3.65. The molecule has 0 radical (unpaired) electrons. The second-order valence-electron chi connectivity index (χ2n) is 5.87. The molecular formula is C19H14N4O4. The molecule has 27 heavy (non-hydrogen) atoms. The fourth-order valence-corrected chi connectivity index (χ4v) is 3.15. The summed E-state index contributed by atoms with van der Waals surface area (Å²) in [6, 6.07) is 8.30. The van der Waals surface area contributed by atoms with Crippen LogP contribution in [0.25, 0.3) is 6.08 Å². The van der Waals surface area contributed by atoms with E-state index in [0.717, 1.165) is 0 Å². The Labute approximate surface area is 154 Å². The molecule has 134 valence electrons. The average Bonchev–Trinajstić information content (AvgIpc) is 3.22. The predicted molar refractivity (Wildman–Crippen MR) is 95.4 cm³/mol. The van der Waals surface area contributed by atoms with Gasteiger partial charge in [-0.2, -0.15) is 0 Å². The lowest BCUT2D eigenvalue weighted by Crippen LogP contribution is -2.22. The zero-order valence-electron chi connectivity index (χ0n) is 14.5. The Morgan fingerprint density at radius 3 is 2.30 bits per heavy atom. The van der Waals surface area contributed by atoms with Gasteiger partial charge in [-0.1, -0.05) is 18.2 Å². The molecule has 0 aromatic heterocycles. The lowest BCUT2D eigenvalue weighted by atomic mass is 9.82. The molecule has 0 spiro atoms. The third-order valence-electron chi connectivity index (χ3n) is 4.37. The molecule has 2 aliphatic rings. The van der Waals surface area contributed by atoms with E-state index in [1.807, 2.05) is 0 Å². The Hall–Kier alpha value is -3.68. The third kappa shape index (κ3) is 2.71.